The topological polar surface area (TPSA) is 79.0 Å². The largest absolute Gasteiger partial charge is 0.524 e. The van der Waals surface area contributed by atoms with Crippen LogP contribution >= 0.6 is 7.82 Å². The molecule has 5 rings (SSSR count). The van der Waals surface area contributed by atoms with Gasteiger partial charge in [0.25, 0.3) is 0 Å². The Labute approximate surface area is 206 Å². The Morgan fingerprint density at radius 2 is 1.94 bits per heavy atom. The monoisotopic (exact) mass is 492 g/mol. The minimum atomic E-state index is -4.64. The molecular formula is C28H31NO5P+. The Bertz CT molecular complexity index is 1390. The molecule has 3 aliphatic rings. The van der Waals surface area contributed by atoms with Crippen molar-refractivity contribution in [3.8, 4) is 11.5 Å². The zero-order chi connectivity index (χ0) is 25.0. The highest BCUT2D eigenvalue weighted by atomic mass is 31.2. The van der Waals surface area contributed by atoms with Crippen LogP contribution in [0.15, 0.2) is 65.5 Å². The van der Waals surface area contributed by atoms with Gasteiger partial charge in [-0.05, 0) is 88.5 Å². The number of benzene rings is 2. The highest BCUT2D eigenvalue weighted by molar-refractivity contribution is 7.46. The summed E-state index contributed by atoms with van der Waals surface area (Å²) >= 11 is 0. The lowest BCUT2D eigenvalue weighted by Gasteiger charge is -2.27. The molecule has 0 unspecified atom stereocenters. The Kier molecular flexibility index (Phi) is 5.87. The molecule has 2 aromatic carbocycles. The minimum Gasteiger partial charge on any atom is -0.456 e. The van der Waals surface area contributed by atoms with Gasteiger partial charge in [-0.3, -0.25) is 9.79 Å². The molecule has 1 aliphatic carbocycles. The number of hydrogen-bond donors (Lipinski definition) is 2. The highest BCUT2D eigenvalue weighted by Gasteiger charge is 2.43. The van der Waals surface area contributed by atoms with Gasteiger partial charge >= 0.3 is 7.82 Å². The molecule has 0 saturated heterocycles. The van der Waals surface area contributed by atoms with Gasteiger partial charge in [-0.15, -0.1) is 0 Å². The van der Waals surface area contributed by atoms with Gasteiger partial charge in [0.1, 0.15) is 23.8 Å². The summed E-state index contributed by atoms with van der Waals surface area (Å²) in [5.41, 5.74) is 8.18. The number of ether oxygens (including phenoxy) is 1. The van der Waals surface area contributed by atoms with Crippen molar-refractivity contribution in [3.63, 3.8) is 0 Å². The van der Waals surface area contributed by atoms with Gasteiger partial charge in [-0.2, -0.15) is 4.58 Å². The van der Waals surface area contributed by atoms with E-state index < -0.39 is 7.82 Å². The summed E-state index contributed by atoms with van der Waals surface area (Å²) in [5, 5.41) is 0. The van der Waals surface area contributed by atoms with Crippen LogP contribution in [0.25, 0.3) is 6.08 Å². The van der Waals surface area contributed by atoms with Gasteiger partial charge in [-0.25, -0.2) is 4.57 Å². The van der Waals surface area contributed by atoms with Crippen molar-refractivity contribution in [2.45, 2.75) is 52.4 Å². The van der Waals surface area contributed by atoms with Gasteiger partial charge in [0.05, 0.1) is 5.41 Å². The summed E-state index contributed by atoms with van der Waals surface area (Å²) < 4.78 is 24.7. The van der Waals surface area contributed by atoms with Crippen LogP contribution in [0.3, 0.4) is 0 Å². The summed E-state index contributed by atoms with van der Waals surface area (Å²) in [4.78, 5) is 18.3. The van der Waals surface area contributed by atoms with Gasteiger partial charge in [-0.1, -0.05) is 11.6 Å². The number of phosphoric ester groups is 1. The highest BCUT2D eigenvalue weighted by Crippen LogP contribution is 2.44. The number of allylic oxidation sites excluding steroid dienone is 4. The number of hydrogen-bond acceptors (Lipinski definition) is 3. The van der Waals surface area contributed by atoms with E-state index in [1.165, 1.54) is 28.6 Å². The third-order valence-corrected chi connectivity index (χ3v) is 7.48. The second kappa shape index (κ2) is 8.63. The second-order valence-electron chi connectivity index (χ2n) is 9.87. The van der Waals surface area contributed by atoms with Gasteiger partial charge in [0, 0.05) is 29.3 Å². The molecule has 0 aromatic heterocycles. The van der Waals surface area contributed by atoms with Crippen molar-refractivity contribution in [1.82, 2.24) is 0 Å². The number of rotatable bonds is 5. The SMILES string of the molecule is CC[N+]1=C(/C=C/C2=C3Oc4cc(OP(=O)(O)O)ccc4C=C3CCC2)C(C)(C)c2cc(C)ccc21. The molecule has 2 N–H and O–H groups in total. The molecule has 2 heterocycles. The summed E-state index contributed by atoms with van der Waals surface area (Å²) in [6.07, 6.45) is 9.40. The number of nitrogens with zero attached hydrogens (tertiary/aromatic N) is 1. The predicted octanol–water partition coefficient (Wildman–Crippen LogP) is 6.33. The first-order valence-electron chi connectivity index (χ1n) is 12.0. The van der Waals surface area contributed by atoms with E-state index in [2.05, 4.69) is 68.7 Å². The quantitative estimate of drug-likeness (QED) is 0.377. The van der Waals surface area contributed by atoms with E-state index in [1.807, 2.05) is 0 Å². The number of aryl methyl sites for hydroxylation is 1. The number of fused-ring (bicyclic) bond motifs is 3. The first-order chi connectivity index (χ1) is 16.6. The van der Waals surface area contributed by atoms with Crippen LogP contribution in [-0.2, 0) is 9.98 Å². The molecule has 182 valence electrons. The van der Waals surface area contributed by atoms with Crippen molar-refractivity contribution in [3.05, 3.63) is 82.1 Å². The molecule has 6 nitrogen and oxygen atoms in total. The average Bonchev–Trinajstić information content (AvgIpc) is 3.00. The summed E-state index contributed by atoms with van der Waals surface area (Å²) in [7, 11) is -4.64. The van der Waals surface area contributed by atoms with E-state index in [4.69, 9.17) is 19.0 Å². The van der Waals surface area contributed by atoms with Crippen LogP contribution in [0.5, 0.6) is 11.5 Å². The molecule has 0 fully saturated rings. The smallest absolute Gasteiger partial charge is 0.456 e. The number of phosphoric acid groups is 1. The Hall–Kier alpha value is -2.92. The fourth-order valence-electron chi connectivity index (χ4n) is 5.35. The average molecular weight is 493 g/mol. The third-order valence-electron chi connectivity index (χ3n) is 7.03. The second-order valence-corrected chi connectivity index (χ2v) is 11.0. The Morgan fingerprint density at radius 1 is 1.14 bits per heavy atom. The van der Waals surface area contributed by atoms with Crippen LogP contribution in [0, 0.1) is 6.92 Å². The molecule has 0 bridgehead atoms. The fraction of sp³-hybridized carbons (Fsp3) is 0.321. The van der Waals surface area contributed by atoms with E-state index in [1.54, 1.807) is 12.1 Å². The van der Waals surface area contributed by atoms with Crippen molar-refractivity contribution in [2.24, 2.45) is 0 Å². The van der Waals surface area contributed by atoms with Crippen LogP contribution in [0.4, 0.5) is 5.69 Å². The molecule has 0 amide bonds. The molecule has 0 spiro atoms. The standard InChI is InChI=1S/C28H30NO5P/c1-5-29-24-13-9-18(2)15-23(24)28(3,4)26(29)14-11-19-7-6-8-21-16-20-10-12-22(34-35(30,31)32)17-25(20)33-27(19)21/h9-17H,5-8H2,1-4H3,(H-,30,31,32)/p+1/b14-11+. The molecule has 35 heavy (non-hydrogen) atoms. The Balaban J connectivity index is 1.52. The van der Waals surface area contributed by atoms with Gasteiger partial charge in [0.15, 0.2) is 5.71 Å². The predicted molar refractivity (Wildman–Crippen MR) is 137 cm³/mol. The van der Waals surface area contributed by atoms with E-state index in [9.17, 15) is 4.57 Å². The molecular weight excluding hydrogens is 461 g/mol. The lowest BCUT2D eigenvalue weighted by molar-refractivity contribution is -0.433. The molecule has 2 aromatic rings. The van der Waals surface area contributed by atoms with E-state index >= 15 is 0 Å². The van der Waals surface area contributed by atoms with Gasteiger partial charge in [0.2, 0.25) is 5.69 Å². The zero-order valence-electron chi connectivity index (χ0n) is 20.5. The van der Waals surface area contributed by atoms with E-state index in [-0.39, 0.29) is 11.2 Å². The van der Waals surface area contributed by atoms with Crippen LogP contribution < -0.4 is 9.26 Å². The van der Waals surface area contributed by atoms with Crippen molar-refractivity contribution >= 4 is 25.3 Å². The molecule has 7 heteroatoms. The lowest BCUT2D eigenvalue weighted by atomic mass is 9.80. The maximum atomic E-state index is 11.3. The summed E-state index contributed by atoms with van der Waals surface area (Å²) in [6.45, 7) is 9.77. The van der Waals surface area contributed by atoms with Crippen molar-refractivity contribution in [2.75, 3.05) is 6.54 Å². The van der Waals surface area contributed by atoms with Gasteiger partial charge < -0.3 is 9.26 Å². The minimum absolute atomic E-state index is 0.0809. The van der Waals surface area contributed by atoms with Crippen LogP contribution in [0.1, 0.15) is 56.7 Å². The summed E-state index contributed by atoms with van der Waals surface area (Å²) in [6, 6.07) is 11.5. The molecule has 2 aliphatic heterocycles. The molecule has 0 atom stereocenters. The normalized spacial score (nSPS) is 18.7. The first kappa shape index (κ1) is 23.8. The van der Waals surface area contributed by atoms with Crippen LogP contribution in [0.2, 0.25) is 0 Å². The first-order valence-corrected chi connectivity index (χ1v) is 13.5. The van der Waals surface area contributed by atoms with Crippen molar-refractivity contribution in [1.29, 1.82) is 0 Å². The Morgan fingerprint density at radius 3 is 2.69 bits per heavy atom. The zero-order valence-corrected chi connectivity index (χ0v) is 21.4. The van der Waals surface area contributed by atoms with Crippen molar-refractivity contribution < 1.29 is 28.2 Å². The maximum absolute atomic E-state index is 11.3. The summed E-state index contributed by atoms with van der Waals surface area (Å²) in [5.74, 6) is 1.45. The maximum Gasteiger partial charge on any atom is 0.524 e. The fourth-order valence-corrected chi connectivity index (χ4v) is 5.74. The lowest BCUT2D eigenvalue weighted by Crippen LogP contribution is -2.27. The molecule has 0 radical (unpaired) electrons. The molecule has 0 saturated carbocycles. The van der Waals surface area contributed by atoms with Crippen LogP contribution in [-0.4, -0.2) is 26.6 Å². The van der Waals surface area contributed by atoms with E-state index in [0.717, 1.165) is 48.3 Å². The van der Waals surface area contributed by atoms with E-state index in [0.29, 0.717) is 5.75 Å². The third kappa shape index (κ3) is 4.42.